The van der Waals surface area contributed by atoms with E-state index in [1.54, 1.807) is 0 Å². The molecule has 1 aliphatic heterocycles. The molecule has 17 heavy (non-hydrogen) atoms. The normalized spacial score (nSPS) is 21.9. The molecule has 96 valence electrons. The number of piperidine rings is 1. The predicted octanol–water partition coefficient (Wildman–Crippen LogP) is 2.60. The molecule has 1 atom stereocenters. The van der Waals surface area contributed by atoms with Crippen molar-refractivity contribution in [3.63, 3.8) is 0 Å². The predicted molar refractivity (Wildman–Crippen MR) is 74.5 cm³/mol. The van der Waals surface area contributed by atoms with Gasteiger partial charge in [-0.25, -0.2) is 0 Å². The Kier molecular flexibility index (Phi) is 5.04. The number of alkyl halides is 1. The summed E-state index contributed by atoms with van der Waals surface area (Å²) in [7, 11) is 2.03. The number of likely N-dealkylation sites (tertiary alicyclic amines) is 1. The van der Waals surface area contributed by atoms with E-state index in [1.165, 1.54) is 44.5 Å². The highest BCUT2D eigenvalue weighted by Crippen LogP contribution is 2.20. The summed E-state index contributed by atoms with van der Waals surface area (Å²) in [6.45, 7) is 2.45. The van der Waals surface area contributed by atoms with E-state index in [2.05, 4.69) is 32.0 Å². The van der Waals surface area contributed by atoms with Crippen LogP contribution in [0, 0.1) is 0 Å². The van der Waals surface area contributed by atoms with Gasteiger partial charge in [0.15, 0.2) is 0 Å². The second kappa shape index (κ2) is 6.55. The SMILES string of the molecule is Cn1nccc1CCN1CCCCC1CCBr. The molecule has 0 saturated carbocycles. The van der Waals surface area contributed by atoms with Gasteiger partial charge >= 0.3 is 0 Å². The van der Waals surface area contributed by atoms with Crippen molar-refractivity contribution in [1.29, 1.82) is 0 Å². The first kappa shape index (κ1) is 13.1. The van der Waals surface area contributed by atoms with Crippen molar-refractivity contribution in [3.8, 4) is 0 Å². The molecular formula is C13H22BrN3. The zero-order chi connectivity index (χ0) is 12.1. The van der Waals surface area contributed by atoms with Gasteiger partial charge in [-0.1, -0.05) is 22.4 Å². The topological polar surface area (TPSA) is 21.1 Å². The van der Waals surface area contributed by atoms with Crippen LogP contribution in [0.2, 0.25) is 0 Å². The molecule has 2 heterocycles. The van der Waals surface area contributed by atoms with Crippen molar-refractivity contribution >= 4 is 15.9 Å². The highest BCUT2D eigenvalue weighted by Gasteiger charge is 2.21. The number of hydrogen-bond donors (Lipinski definition) is 0. The van der Waals surface area contributed by atoms with Gasteiger partial charge in [0.2, 0.25) is 0 Å². The molecule has 0 aliphatic carbocycles. The van der Waals surface area contributed by atoms with Gasteiger partial charge in [0.25, 0.3) is 0 Å². The lowest BCUT2D eigenvalue weighted by Gasteiger charge is -2.35. The molecule has 1 fully saturated rings. The quantitative estimate of drug-likeness (QED) is 0.779. The van der Waals surface area contributed by atoms with Crippen molar-refractivity contribution in [3.05, 3.63) is 18.0 Å². The fourth-order valence-electron chi connectivity index (χ4n) is 2.71. The summed E-state index contributed by atoms with van der Waals surface area (Å²) in [5, 5.41) is 5.35. The Morgan fingerprint density at radius 3 is 3.06 bits per heavy atom. The van der Waals surface area contributed by atoms with E-state index in [0.29, 0.717) is 0 Å². The molecule has 0 radical (unpaired) electrons. The summed E-state index contributed by atoms with van der Waals surface area (Å²) in [5.74, 6) is 0. The summed E-state index contributed by atoms with van der Waals surface area (Å²) < 4.78 is 1.99. The van der Waals surface area contributed by atoms with Gasteiger partial charge in [0.05, 0.1) is 0 Å². The zero-order valence-corrected chi connectivity index (χ0v) is 12.2. The van der Waals surface area contributed by atoms with Crippen molar-refractivity contribution in [2.75, 3.05) is 18.4 Å². The molecule has 0 spiro atoms. The molecule has 3 nitrogen and oxygen atoms in total. The fraction of sp³-hybridized carbons (Fsp3) is 0.769. The maximum atomic E-state index is 4.23. The molecule has 1 saturated heterocycles. The van der Waals surface area contributed by atoms with Gasteiger partial charge in [-0.3, -0.25) is 9.58 Å². The summed E-state index contributed by atoms with van der Waals surface area (Å²) in [6, 6.07) is 2.92. The van der Waals surface area contributed by atoms with Crippen LogP contribution < -0.4 is 0 Å². The van der Waals surface area contributed by atoms with Crippen LogP contribution in [-0.4, -0.2) is 39.1 Å². The fourth-order valence-corrected chi connectivity index (χ4v) is 3.24. The molecule has 1 unspecified atom stereocenters. The van der Waals surface area contributed by atoms with Crippen molar-refractivity contribution in [2.24, 2.45) is 7.05 Å². The van der Waals surface area contributed by atoms with Gasteiger partial charge in [0.1, 0.15) is 0 Å². The minimum absolute atomic E-state index is 0.788. The lowest BCUT2D eigenvalue weighted by atomic mass is 10.00. The van der Waals surface area contributed by atoms with Crippen LogP contribution >= 0.6 is 15.9 Å². The summed E-state index contributed by atoms with van der Waals surface area (Å²) in [4.78, 5) is 2.66. The largest absolute Gasteiger partial charge is 0.300 e. The second-order valence-corrected chi connectivity index (χ2v) is 5.65. The van der Waals surface area contributed by atoms with Crippen molar-refractivity contribution in [1.82, 2.24) is 14.7 Å². The first-order valence-electron chi connectivity index (χ1n) is 6.58. The first-order valence-corrected chi connectivity index (χ1v) is 7.70. The van der Waals surface area contributed by atoms with Gasteiger partial charge in [0, 0.05) is 43.3 Å². The van der Waals surface area contributed by atoms with Crippen LogP contribution in [0.5, 0.6) is 0 Å². The Morgan fingerprint density at radius 2 is 2.35 bits per heavy atom. The molecule has 2 rings (SSSR count). The van der Waals surface area contributed by atoms with E-state index in [-0.39, 0.29) is 0 Å². The molecule has 1 aromatic rings. The third kappa shape index (κ3) is 3.55. The molecule has 0 bridgehead atoms. The average molecular weight is 300 g/mol. The van der Waals surface area contributed by atoms with Crippen LogP contribution in [0.4, 0.5) is 0 Å². The monoisotopic (exact) mass is 299 g/mol. The number of rotatable bonds is 5. The van der Waals surface area contributed by atoms with Crippen LogP contribution in [0.15, 0.2) is 12.3 Å². The van der Waals surface area contributed by atoms with Crippen LogP contribution in [0.3, 0.4) is 0 Å². The van der Waals surface area contributed by atoms with E-state index in [0.717, 1.165) is 17.8 Å². The Labute approximate surface area is 112 Å². The van der Waals surface area contributed by atoms with E-state index in [1.807, 2.05) is 17.9 Å². The first-order chi connectivity index (χ1) is 8.31. The molecule has 0 aromatic carbocycles. The van der Waals surface area contributed by atoms with E-state index < -0.39 is 0 Å². The zero-order valence-electron chi connectivity index (χ0n) is 10.6. The third-order valence-corrected chi connectivity index (χ3v) is 4.23. The van der Waals surface area contributed by atoms with Crippen molar-refractivity contribution in [2.45, 2.75) is 38.1 Å². The molecule has 1 aliphatic rings. The molecule has 0 N–H and O–H groups in total. The molecule has 1 aromatic heterocycles. The smallest absolute Gasteiger partial charge is 0.0492 e. The Hall–Kier alpha value is -0.350. The van der Waals surface area contributed by atoms with E-state index >= 15 is 0 Å². The minimum Gasteiger partial charge on any atom is -0.300 e. The maximum absolute atomic E-state index is 4.23. The molecule has 4 heteroatoms. The Morgan fingerprint density at radius 1 is 1.47 bits per heavy atom. The Bertz CT molecular complexity index is 335. The summed E-state index contributed by atoms with van der Waals surface area (Å²) in [6.07, 6.45) is 8.43. The van der Waals surface area contributed by atoms with Crippen LogP contribution in [0.1, 0.15) is 31.4 Å². The highest BCUT2D eigenvalue weighted by atomic mass is 79.9. The average Bonchev–Trinajstić information content (AvgIpc) is 2.74. The van der Waals surface area contributed by atoms with Gasteiger partial charge in [-0.05, 0) is 31.9 Å². The minimum atomic E-state index is 0.788. The van der Waals surface area contributed by atoms with Crippen LogP contribution in [0.25, 0.3) is 0 Å². The maximum Gasteiger partial charge on any atom is 0.0492 e. The Balaban J connectivity index is 1.86. The van der Waals surface area contributed by atoms with Crippen LogP contribution in [-0.2, 0) is 13.5 Å². The summed E-state index contributed by atoms with van der Waals surface area (Å²) in [5.41, 5.74) is 1.34. The lowest BCUT2D eigenvalue weighted by Crippen LogP contribution is -2.41. The number of aromatic nitrogens is 2. The lowest BCUT2D eigenvalue weighted by molar-refractivity contribution is 0.146. The number of nitrogens with zero attached hydrogens (tertiary/aromatic N) is 3. The standard InChI is InChI=1S/C13H22BrN3/c1-16-12(6-9-15-16)7-11-17-10-3-2-4-13(17)5-8-14/h6,9,13H,2-5,7-8,10-11H2,1H3. The van der Waals surface area contributed by atoms with Gasteiger partial charge < -0.3 is 0 Å². The highest BCUT2D eigenvalue weighted by molar-refractivity contribution is 9.09. The van der Waals surface area contributed by atoms with Gasteiger partial charge in [-0.15, -0.1) is 0 Å². The third-order valence-electron chi connectivity index (χ3n) is 3.77. The second-order valence-electron chi connectivity index (χ2n) is 4.86. The summed E-state index contributed by atoms with van der Waals surface area (Å²) >= 11 is 3.57. The molecular weight excluding hydrogens is 278 g/mol. The van der Waals surface area contributed by atoms with E-state index in [9.17, 15) is 0 Å². The molecule has 0 amide bonds. The van der Waals surface area contributed by atoms with E-state index in [4.69, 9.17) is 0 Å². The number of hydrogen-bond acceptors (Lipinski definition) is 2. The number of halogens is 1. The number of aryl methyl sites for hydroxylation is 1. The van der Waals surface area contributed by atoms with Gasteiger partial charge in [-0.2, -0.15) is 5.10 Å². The van der Waals surface area contributed by atoms with Crippen molar-refractivity contribution < 1.29 is 0 Å².